The molecule has 2 fully saturated rings. The molecule has 0 aliphatic carbocycles. The van der Waals surface area contributed by atoms with Crippen molar-refractivity contribution in [3.05, 3.63) is 34.1 Å². The van der Waals surface area contributed by atoms with Gasteiger partial charge < -0.3 is 19.7 Å². The summed E-state index contributed by atoms with van der Waals surface area (Å²) in [5.74, 6) is -1.58. The molecule has 3 heterocycles. The SMILES string of the molecule is CC(=Cc1ccc(Br)cn1)[C@@H]1C[C@@H]2O[C@]2(C)CCC[C@H](C)[C@H](O)[C@@H](C)C(=O)C(C)(C)[C@@H](O)CC(=O)O1. The number of hydrogen-bond acceptors (Lipinski definition) is 7. The minimum atomic E-state index is -1.24. The Balaban J connectivity index is 1.86. The van der Waals surface area contributed by atoms with Gasteiger partial charge in [-0.3, -0.25) is 14.6 Å². The first-order valence-electron chi connectivity index (χ1n) is 12.8. The summed E-state index contributed by atoms with van der Waals surface area (Å²) in [6.45, 7) is 10.8. The number of carbonyl (C=O) groups excluding carboxylic acids is 2. The Hall–Kier alpha value is -1.61. The Bertz CT molecular complexity index is 977. The number of nitrogens with zero attached hydrogens (tertiary/aromatic N) is 1. The van der Waals surface area contributed by atoms with Gasteiger partial charge in [-0.1, -0.05) is 34.1 Å². The number of cyclic esters (lactones) is 1. The number of esters is 1. The zero-order chi connectivity index (χ0) is 26.8. The van der Waals surface area contributed by atoms with E-state index in [2.05, 4.69) is 27.8 Å². The molecule has 36 heavy (non-hydrogen) atoms. The summed E-state index contributed by atoms with van der Waals surface area (Å²) in [4.78, 5) is 30.6. The number of rotatable bonds is 2. The molecule has 7 atom stereocenters. The Morgan fingerprint density at radius 1 is 1.19 bits per heavy atom. The van der Waals surface area contributed by atoms with Crippen molar-refractivity contribution in [3.8, 4) is 0 Å². The number of Topliss-reactive ketones (excluding diaryl/α,β-unsaturated/α-hetero) is 1. The van der Waals surface area contributed by atoms with Crippen molar-refractivity contribution in [2.45, 2.75) is 104 Å². The highest BCUT2D eigenvalue weighted by Crippen LogP contribution is 2.45. The van der Waals surface area contributed by atoms with Gasteiger partial charge in [-0.25, -0.2) is 0 Å². The quantitative estimate of drug-likeness (QED) is 0.388. The monoisotopic (exact) mass is 565 g/mol. The second-order valence-corrected chi connectivity index (χ2v) is 12.3. The van der Waals surface area contributed by atoms with Crippen LogP contribution in [0.1, 0.15) is 79.3 Å². The molecule has 3 rings (SSSR count). The number of carbonyl (C=O) groups is 2. The fourth-order valence-corrected chi connectivity index (χ4v) is 5.33. The van der Waals surface area contributed by atoms with Gasteiger partial charge >= 0.3 is 5.97 Å². The first-order chi connectivity index (χ1) is 16.7. The van der Waals surface area contributed by atoms with Crippen LogP contribution in [0, 0.1) is 17.3 Å². The standard InChI is InChI=1S/C28H40BrNO6/c1-16-8-7-11-28(6)23(36-28)13-21(17(2)12-20-10-9-19(29)15-30-20)35-24(32)14-22(31)27(4,5)26(34)18(3)25(16)33/h9-10,12,15-16,18,21-23,25,31,33H,7-8,11,13-14H2,1-6H3/t16-,18+,21-,22-,23-,25-,28+/m0/s1. The van der Waals surface area contributed by atoms with E-state index in [1.54, 1.807) is 27.0 Å². The predicted molar refractivity (Wildman–Crippen MR) is 141 cm³/mol. The lowest BCUT2D eigenvalue weighted by molar-refractivity contribution is -0.154. The lowest BCUT2D eigenvalue weighted by atomic mass is 9.73. The first kappa shape index (κ1) is 29.0. The molecule has 0 amide bonds. The molecular formula is C28H40BrNO6. The number of hydrogen-bond donors (Lipinski definition) is 2. The summed E-state index contributed by atoms with van der Waals surface area (Å²) in [5.41, 5.74) is 0.0423. The van der Waals surface area contributed by atoms with Gasteiger partial charge in [-0.05, 0) is 72.3 Å². The number of epoxide rings is 1. The van der Waals surface area contributed by atoms with Crippen molar-refractivity contribution in [3.63, 3.8) is 0 Å². The van der Waals surface area contributed by atoms with Crippen LogP contribution in [0.2, 0.25) is 0 Å². The second-order valence-electron chi connectivity index (χ2n) is 11.4. The Labute approximate surface area is 222 Å². The summed E-state index contributed by atoms with van der Waals surface area (Å²) in [7, 11) is 0. The topological polar surface area (TPSA) is 109 Å². The Morgan fingerprint density at radius 3 is 2.53 bits per heavy atom. The van der Waals surface area contributed by atoms with E-state index >= 15 is 0 Å². The van der Waals surface area contributed by atoms with Crippen molar-refractivity contribution in [2.24, 2.45) is 17.3 Å². The van der Waals surface area contributed by atoms with E-state index in [-0.39, 0.29) is 29.8 Å². The van der Waals surface area contributed by atoms with Gasteiger partial charge in [0.15, 0.2) is 0 Å². The van der Waals surface area contributed by atoms with Crippen LogP contribution in [0.15, 0.2) is 28.4 Å². The van der Waals surface area contributed by atoms with Crippen molar-refractivity contribution >= 4 is 33.8 Å². The largest absolute Gasteiger partial charge is 0.458 e. The number of pyridine rings is 1. The third-order valence-corrected chi connectivity index (χ3v) is 8.51. The van der Waals surface area contributed by atoms with E-state index in [9.17, 15) is 19.8 Å². The summed E-state index contributed by atoms with van der Waals surface area (Å²) in [6.07, 6.45) is 3.53. The molecule has 2 aliphatic rings. The van der Waals surface area contributed by atoms with E-state index in [0.717, 1.165) is 35.0 Å². The van der Waals surface area contributed by atoms with Gasteiger partial charge in [0.1, 0.15) is 11.9 Å². The zero-order valence-corrected chi connectivity index (χ0v) is 23.7. The molecule has 0 radical (unpaired) electrons. The second kappa shape index (κ2) is 11.4. The van der Waals surface area contributed by atoms with Crippen LogP contribution < -0.4 is 0 Å². The maximum absolute atomic E-state index is 13.2. The van der Waals surface area contributed by atoms with Crippen molar-refractivity contribution < 1.29 is 29.3 Å². The van der Waals surface area contributed by atoms with Gasteiger partial charge in [0.05, 0.1) is 41.4 Å². The van der Waals surface area contributed by atoms with Crippen molar-refractivity contribution in [2.75, 3.05) is 0 Å². The highest BCUT2D eigenvalue weighted by molar-refractivity contribution is 9.10. The number of fused-ring (bicyclic) bond motifs is 1. The van der Waals surface area contributed by atoms with Gasteiger partial charge in [-0.15, -0.1) is 0 Å². The number of halogens is 1. The van der Waals surface area contributed by atoms with E-state index < -0.39 is 35.6 Å². The molecule has 2 saturated heterocycles. The third-order valence-electron chi connectivity index (χ3n) is 8.04. The molecule has 0 spiro atoms. The fourth-order valence-electron chi connectivity index (χ4n) is 5.09. The molecule has 200 valence electrons. The smallest absolute Gasteiger partial charge is 0.309 e. The molecule has 2 N–H and O–H groups in total. The summed E-state index contributed by atoms with van der Waals surface area (Å²) in [5, 5.41) is 21.7. The van der Waals surface area contributed by atoms with E-state index in [0.29, 0.717) is 6.42 Å². The first-order valence-corrected chi connectivity index (χ1v) is 13.6. The molecule has 2 aliphatic heterocycles. The summed E-state index contributed by atoms with van der Waals surface area (Å²) >= 11 is 3.39. The van der Waals surface area contributed by atoms with Crippen LogP contribution >= 0.6 is 15.9 Å². The molecule has 1 aromatic heterocycles. The highest BCUT2D eigenvalue weighted by atomic mass is 79.9. The highest BCUT2D eigenvalue weighted by Gasteiger charge is 2.53. The lowest BCUT2D eigenvalue weighted by Gasteiger charge is -2.34. The predicted octanol–water partition coefficient (Wildman–Crippen LogP) is 4.87. The minimum Gasteiger partial charge on any atom is -0.458 e. The molecule has 0 bridgehead atoms. The Morgan fingerprint density at radius 2 is 1.89 bits per heavy atom. The van der Waals surface area contributed by atoms with Crippen LogP contribution in [-0.2, 0) is 19.1 Å². The molecule has 0 aromatic carbocycles. The number of aliphatic hydroxyl groups is 2. The maximum Gasteiger partial charge on any atom is 0.309 e. The number of ether oxygens (including phenoxy) is 2. The molecule has 7 nitrogen and oxygen atoms in total. The van der Waals surface area contributed by atoms with E-state index in [4.69, 9.17) is 9.47 Å². The minimum absolute atomic E-state index is 0.0634. The van der Waals surface area contributed by atoms with Crippen LogP contribution in [0.5, 0.6) is 0 Å². The molecule has 8 heteroatoms. The Kier molecular flexibility index (Phi) is 9.18. The maximum atomic E-state index is 13.2. The van der Waals surface area contributed by atoms with Gasteiger partial charge in [0.25, 0.3) is 0 Å². The third kappa shape index (κ3) is 6.82. The zero-order valence-electron chi connectivity index (χ0n) is 22.2. The normalized spacial score (nSPS) is 36.6. The lowest BCUT2D eigenvalue weighted by Crippen LogP contribution is -2.45. The van der Waals surface area contributed by atoms with E-state index in [1.807, 2.05) is 32.1 Å². The molecule has 1 aromatic rings. The van der Waals surface area contributed by atoms with Gasteiger partial charge in [0.2, 0.25) is 0 Å². The van der Waals surface area contributed by atoms with Crippen molar-refractivity contribution in [1.82, 2.24) is 4.98 Å². The fraction of sp³-hybridized carbons (Fsp3) is 0.679. The number of aromatic nitrogens is 1. The number of aliphatic hydroxyl groups excluding tert-OH is 2. The molecule has 0 unspecified atom stereocenters. The summed E-state index contributed by atoms with van der Waals surface area (Å²) in [6, 6.07) is 3.77. The van der Waals surface area contributed by atoms with Crippen molar-refractivity contribution in [1.29, 1.82) is 0 Å². The van der Waals surface area contributed by atoms with Gasteiger partial charge in [-0.2, -0.15) is 0 Å². The van der Waals surface area contributed by atoms with E-state index in [1.165, 1.54) is 0 Å². The van der Waals surface area contributed by atoms with Crippen LogP contribution in [-0.4, -0.2) is 57.0 Å². The van der Waals surface area contributed by atoms with Crippen LogP contribution in [0.3, 0.4) is 0 Å². The average Bonchev–Trinajstić information content (AvgIpc) is 3.46. The molecular weight excluding hydrogens is 526 g/mol. The van der Waals surface area contributed by atoms with Crippen LogP contribution in [0.4, 0.5) is 0 Å². The molecule has 0 saturated carbocycles. The summed E-state index contributed by atoms with van der Waals surface area (Å²) < 4.78 is 12.8. The van der Waals surface area contributed by atoms with Gasteiger partial charge in [0, 0.05) is 23.0 Å². The average molecular weight is 567 g/mol. The number of ketones is 1. The van der Waals surface area contributed by atoms with Crippen LogP contribution in [0.25, 0.3) is 6.08 Å².